The van der Waals surface area contributed by atoms with Gasteiger partial charge in [0.15, 0.2) is 18.1 Å². The Morgan fingerprint density at radius 2 is 1.71 bits per heavy atom. The Bertz CT molecular complexity index is 854. The van der Waals surface area contributed by atoms with Crippen molar-refractivity contribution >= 4 is 11.8 Å². The van der Waals surface area contributed by atoms with Gasteiger partial charge in [0, 0.05) is 25.6 Å². The minimum atomic E-state index is -0.0438. The van der Waals surface area contributed by atoms with E-state index in [0.717, 1.165) is 24.9 Å². The summed E-state index contributed by atoms with van der Waals surface area (Å²) >= 11 is 0. The van der Waals surface area contributed by atoms with Crippen LogP contribution in [-0.2, 0) is 16.2 Å². The Hall–Kier alpha value is -3.02. The Morgan fingerprint density at radius 3 is 2.42 bits per heavy atom. The van der Waals surface area contributed by atoms with Crippen molar-refractivity contribution in [1.29, 1.82) is 0 Å². The molecule has 1 aliphatic heterocycles. The molecule has 0 spiro atoms. The number of nitrogens with one attached hydrogen (secondary N) is 1. The predicted octanol–water partition coefficient (Wildman–Crippen LogP) is 3.66. The first-order valence-electron chi connectivity index (χ1n) is 11.0. The van der Waals surface area contributed by atoms with E-state index in [1.165, 1.54) is 0 Å². The third kappa shape index (κ3) is 7.02. The highest BCUT2D eigenvalue weighted by atomic mass is 16.5. The van der Waals surface area contributed by atoms with Crippen LogP contribution in [0, 0.1) is 11.8 Å². The number of nitrogens with zero attached hydrogens (tertiary/aromatic N) is 1. The molecule has 6 heteroatoms. The first-order valence-corrected chi connectivity index (χ1v) is 11.0. The number of amides is 2. The lowest BCUT2D eigenvalue weighted by molar-refractivity contribution is -0.135. The van der Waals surface area contributed by atoms with Crippen LogP contribution in [0.5, 0.6) is 11.5 Å². The molecule has 2 aromatic carbocycles. The number of hydrogen-bond donors (Lipinski definition) is 1. The summed E-state index contributed by atoms with van der Waals surface area (Å²) in [5, 5.41) is 2.98. The molecule has 2 aromatic rings. The van der Waals surface area contributed by atoms with Crippen molar-refractivity contribution < 1.29 is 19.1 Å². The lowest BCUT2D eigenvalue weighted by atomic mass is 9.97. The van der Waals surface area contributed by atoms with Crippen LogP contribution in [0.3, 0.4) is 0 Å². The first-order chi connectivity index (χ1) is 15.0. The molecule has 1 atom stereocenters. The summed E-state index contributed by atoms with van der Waals surface area (Å²) in [5.41, 5.74) is 1.07. The molecule has 3 rings (SSSR count). The van der Waals surface area contributed by atoms with Gasteiger partial charge in [0.25, 0.3) is 5.91 Å². The van der Waals surface area contributed by atoms with Gasteiger partial charge in [-0.2, -0.15) is 0 Å². The molecule has 0 aliphatic carbocycles. The van der Waals surface area contributed by atoms with Crippen molar-refractivity contribution in [3.05, 3.63) is 60.2 Å². The second-order valence-corrected chi connectivity index (χ2v) is 8.26. The van der Waals surface area contributed by atoms with E-state index >= 15 is 0 Å². The minimum Gasteiger partial charge on any atom is -0.485 e. The summed E-state index contributed by atoms with van der Waals surface area (Å²) in [6.07, 6.45) is 1.95. The standard InChI is InChI=1S/C25H32N2O4/c1-19(2)25(29)26-15-21-11-8-14-27(16-21)24(28)18-31-23-13-7-6-12-22(23)30-17-20-9-4-3-5-10-20/h3-7,9-10,12-13,19,21H,8,11,14-18H2,1-2H3,(H,26,29). The maximum Gasteiger partial charge on any atom is 0.260 e. The lowest BCUT2D eigenvalue weighted by Gasteiger charge is -2.33. The van der Waals surface area contributed by atoms with Crippen molar-refractivity contribution in [2.75, 3.05) is 26.2 Å². The molecule has 166 valence electrons. The lowest BCUT2D eigenvalue weighted by Crippen LogP contribution is -2.45. The molecule has 2 amide bonds. The van der Waals surface area contributed by atoms with Crippen molar-refractivity contribution in [3.63, 3.8) is 0 Å². The fraction of sp³-hybridized carbons (Fsp3) is 0.440. The zero-order chi connectivity index (χ0) is 22.1. The predicted molar refractivity (Wildman–Crippen MR) is 120 cm³/mol. The smallest absolute Gasteiger partial charge is 0.260 e. The van der Waals surface area contributed by atoms with Gasteiger partial charge in [-0.1, -0.05) is 56.3 Å². The van der Waals surface area contributed by atoms with Gasteiger partial charge in [0.1, 0.15) is 6.61 Å². The van der Waals surface area contributed by atoms with E-state index in [9.17, 15) is 9.59 Å². The van der Waals surface area contributed by atoms with E-state index in [1.54, 1.807) is 0 Å². The number of carbonyl (C=O) groups excluding carboxylic acids is 2. The number of likely N-dealkylation sites (tertiary alicyclic amines) is 1. The van der Waals surface area contributed by atoms with Crippen molar-refractivity contribution in [3.8, 4) is 11.5 Å². The third-order valence-corrected chi connectivity index (χ3v) is 5.40. The number of benzene rings is 2. The van der Waals surface area contributed by atoms with E-state index in [4.69, 9.17) is 9.47 Å². The highest BCUT2D eigenvalue weighted by molar-refractivity contribution is 5.78. The average molecular weight is 425 g/mol. The summed E-state index contributed by atoms with van der Waals surface area (Å²) in [4.78, 5) is 26.4. The normalized spacial score (nSPS) is 16.1. The molecular formula is C25H32N2O4. The van der Waals surface area contributed by atoms with E-state index < -0.39 is 0 Å². The Labute approximate surface area is 184 Å². The molecule has 0 aromatic heterocycles. The third-order valence-electron chi connectivity index (χ3n) is 5.40. The summed E-state index contributed by atoms with van der Waals surface area (Å²) in [6, 6.07) is 17.3. The molecule has 1 fully saturated rings. The molecule has 1 heterocycles. The largest absolute Gasteiger partial charge is 0.485 e. The summed E-state index contributed by atoms with van der Waals surface area (Å²) in [6.45, 7) is 6.14. The van der Waals surface area contributed by atoms with E-state index in [2.05, 4.69) is 5.32 Å². The molecule has 0 bridgehead atoms. The number of ether oxygens (including phenoxy) is 2. The van der Waals surface area contributed by atoms with Crippen LogP contribution >= 0.6 is 0 Å². The van der Waals surface area contributed by atoms with Gasteiger partial charge in [-0.05, 0) is 36.5 Å². The molecule has 1 unspecified atom stereocenters. The highest BCUT2D eigenvalue weighted by Crippen LogP contribution is 2.27. The number of para-hydroxylation sites is 2. The van der Waals surface area contributed by atoms with Gasteiger partial charge in [-0.25, -0.2) is 0 Å². The van der Waals surface area contributed by atoms with Gasteiger partial charge < -0.3 is 19.7 Å². The van der Waals surface area contributed by atoms with Crippen LogP contribution in [-0.4, -0.2) is 43.0 Å². The highest BCUT2D eigenvalue weighted by Gasteiger charge is 2.24. The molecule has 1 aliphatic rings. The zero-order valence-electron chi connectivity index (χ0n) is 18.4. The van der Waals surface area contributed by atoms with Gasteiger partial charge in [-0.3, -0.25) is 9.59 Å². The fourth-order valence-electron chi connectivity index (χ4n) is 3.56. The van der Waals surface area contributed by atoms with Gasteiger partial charge >= 0.3 is 0 Å². The Morgan fingerprint density at radius 1 is 1.03 bits per heavy atom. The monoisotopic (exact) mass is 424 g/mol. The van der Waals surface area contributed by atoms with E-state index in [1.807, 2.05) is 73.3 Å². The van der Waals surface area contributed by atoms with Crippen LogP contribution < -0.4 is 14.8 Å². The van der Waals surface area contributed by atoms with Gasteiger partial charge in [-0.15, -0.1) is 0 Å². The molecule has 0 radical (unpaired) electrons. The van der Waals surface area contributed by atoms with Crippen LogP contribution in [0.2, 0.25) is 0 Å². The average Bonchev–Trinajstić information content (AvgIpc) is 2.81. The van der Waals surface area contributed by atoms with Crippen LogP contribution in [0.15, 0.2) is 54.6 Å². The SMILES string of the molecule is CC(C)C(=O)NCC1CCCN(C(=O)COc2ccccc2OCc2ccccc2)C1. The Kier molecular flexibility index (Phi) is 8.33. The number of piperidine rings is 1. The van der Waals surface area contributed by atoms with Crippen LogP contribution in [0.1, 0.15) is 32.3 Å². The topological polar surface area (TPSA) is 67.9 Å². The molecule has 1 saturated heterocycles. The molecule has 6 nitrogen and oxygen atoms in total. The molecular weight excluding hydrogens is 392 g/mol. The summed E-state index contributed by atoms with van der Waals surface area (Å²) in [5.74, 6) is 1.44. The second-order valence-electron chi connectivity index (χ2n) is 8.26. The Balaban J connectivity index is 1.49. The number of carbonyl (C=O) groups is 2. The van der Waals surface area contributed by atoms with Crippen molar-refractivity contribution in [2.24, 2.45) is 11.8 Å². The molecule has 0 saturated carbocycles. The van der Waals surface area contributed by atoms with Gasteiger partial charge in [0.05, 0.1) is 0 Å². The van der Waals surface area contributed by atoms with E-state index in [0.29, 0.717) is 31.2 Å². The molecule has 31 heavy (non-hydrogen) atoms. The maximum absolute atomic E-state index is 12.7. The second kappa shape index (κ2) is 11.4. The summed E-state index contributed by atoms with van der Waals surface area (Å²) < 4.78 is 11.7. The zero-order valence-corrected chi connectivity index (χ0v) is 18.4. The number of hydrogen-bond acceptors (Lipinski definition) is 4. The van der Waals surface area contributed by atoms with E-state index in [-0.39, 0.29) is 30.3 Å². The van der Waals surface area contributed by atoms with Crippen molar-refractivity contribution in [2.45, 2.75) is 33.3 Å². The first kappa shape index (κ1) is 22.7. The van der Waals surface area contributed by atoms with Crippen LogP contribution in [0.25, 0.3) is 0 Å². The molecule has 1 N–H and O–H groups in total. The fourth-order valence-corrected chi connectivity index (χ4v) is 3.56. The van der Waals surface area contributed by atoms with Gasteiger partial charge in [0.2, 0.25) is 5.91 Å². The maximum atomic E-state index is 12.7. The quantitative estimate of drug-likeness (QED) is 0.667. The van der Waals surface area contributed by atoms with Crippen molar-refractivity contribution in [1.82, 2.24) is 10.2 Å². The number of rotatable bonds is 9. The summed E-state index contributed by atoms with van der Waals surface area (Å²) in [7, 11) is 0. The minimum absolute atomic E-state index is 0.0288. The van der Waals surface area contributed by atoms with Crippen LogP contribution in [0.4, 0.5) is 0 Å².